The number of fused-ring (bicyclic) bond motifs is 1. The summed E-state index contributed by atoms with van der Waals surface area (Å²) < 4.78 is 29.3. The fourth-order valence-electron chi connectivity index (χ4n) is 4.18. The van der Waals surface area contributed by atoms with Crippen LogP contribution >= 0.6 is 0 Å². The Morgan fingerprint density at radius 2 is 1.94 bits per heavy atom. The molecule has 1 atom stereocenters. The van der Waals surface area contributed by atoms with E-state index in [1.165, 1.54) is 6.07 Å². The van der Waals surface area contributed by atoms with Crippen LogP contribution in [-0.4, -0.2) is 46.8 Å². The number of amides is 1. The molecule has 3 rings (SSSR count). The molecule has 1 aromatic heterocycles. The van der Waals surface area contributed by atoms with Gasteiger partial charge in [-0.25, -0.2) is 13.8 Å². The van der Waals surface area contributed by atoms with Crippen molar-refractivity contribution in [2.24, 2.45) is 11.8 Å². The minimum Gasteiger partial charge on any atom is -0.359 e. The Balaban J connectivity index is 2.03. The molecule has 1 amide bonds. The van der Waals surface area contributed by atoms with E-state index in [1.807, 2.05) is 25.5 Å². The molecule has 31 heavy (non-hydrogen) atoms. The lowest BCUT2D eigenvalue weighted by atomic mass is 9.90. The van der Waals surface area contributed by atoms with Gasteiger partial charge in [0.15, 0.2) is 17.4 Å². The standard InChI is InChI=1S/C23H30F2N4O2/c1-14(2)10-16(23(31)26-3)12-20(30)21-19-13-28(4)8-5-9-29(19)22(27-21)15-6-7-17(24)18(25)11-15/h6-7,11,14,16H,5,8-10,12-13H2,1-4H3,(H,26,31)/t16-/m1/s1. The number of imidazole rings is 1. The first-order valence-corrected chi connectivity index (χ1v) is 10.7. The van der Waals surface area contributed by atoms with Gasteiger partial charge in [0.05, 0.1) is 5.69 Å². The summed E-state index contributed by atoms with van der Waals surface area (Å²) in [5, 5.41) is 2.65. The van der Waals surface area contributed by atoms with Crippen molar-refractivity contribution >= 4 is 11.7 Å². The first-order chi connectivity index (χ1) is 14.7. The van der Waals surface area contributed by atoms with Crippen molar-refractivity contribution in [3.63, 3.8) is 0 Å². The van der Waals surface area contributed by atoms with Crippen LogP contribution in [0.3, 0.4) is 0 Å². The first kappa shape index (κ1) is 23.1. The molecule has 1 aromatic carbocycles. The van der Waals surface area contributed by atoms with Crippen LogP contribution in [-0.2, 0) is 17.9 Å². The normalized spacial score (nSPS) is 15.5. The van der Waals surface area contributed by atoms with Gasteiger partial charge in [-0.15, -0.1) is 0 Å². The zero-order chi connectivity index (χ0) is 22.7. The van der Waals surface area contributed by atoms with Crippen molar-refractivity contribution in [2.45, 2.75) is 46.2 Å². The van der Waals surface area contributed by atoms with E-state index >= 15 is 0 Å². The first-order valence-electron chi connectivity index (χ1n) is 10.7. The lowest BCUT2D eigenvalue weighted by Gasteiger charge is -2.17. The van der Waals surface area contributed by atoms with Crippen LogP contribution in [0.4, 0.5) is 8.78 Å². The molecule has 0 bridgehead atoms. The number of carbonyl (C=O) groups is 2. The lowest BCUT2D eigenvalue weighted by molar-refractivity contribution is -0.124. The summed E-state index contributed by atoms with van der Waals surface area (Å²) in [5.74, 6) is -1.97. The van der Waals surface area contributed by atoms with E-state index in [0.29, 0.717) is 36.6 Å². The molecule has 0 radical (unpaired) electrons. The van der Waals surface area contributed by atoms with Gasteiger partial charge in [-0.1, -0.05) is 13.8 Å². The van der Waals surface area contributed by atoms with Crippen molar-refractivity contribution in [1.29, 1.82) is 0 Å². The molecule has 1 aliphatic rings. The van der Waals surface area contributed by atoms with Gasteiger partial charge in [0.1, 0.15) is 11.5 Å². The largest absolute Gasteiger partial charge is 0.359 e. The van der Waals surface area contributed by atoms with Crippen LogP contribution < -0.4 is 5.32 Å². The fraction of sp³-hybridized carbons (Fsp3) is 0.522. The van der Waals surface area contributed by atoms with E-state index in [9.17, 15) is 18.4 Å². The van der Waals surface area contributed by atoms with Crippen molar-refractivity contribution in [2.75, 3.05) is 20.6 Å². The number of rotatable bonds is 7. The highest BCUT2D eigenvalue weighted by Crippen LogP contribution is 2.29. The third-order valence-corrected chi connectivity index (χ3v) is 5.66. The number of Topliss-reactive ketones (excluding diaryl/α,β-unsaturated/α-hetero) is 1. The zero-order valence-corrected chi connectivity index (χ0v) is 18.5. The molecule has 0 fully saturated rings. The third kappa shape index (κ3) is 5.18. The summed E-state index contributed by atoms with van der Waals surface area (Å²) >= 11 is 0. The monoisotopic (exact) mass is 432 g/mol. The number of ketones is 1. The molecular weight excluding hydrogens is 402 g/mol. The van der Waals surface area contributed by atoms with E-state index in [2.05, 4.69) is 15.2 Å². The topological polar surface area (TPSA) is 67.2 Å². The van der Waals surface area contributed by atoms with E-state index in [0.717, 1.165) is 30.8 Å². The molecule has 0 spiro atoms. The molecule has 0 saturated heterocycles. The minimum atomic E-state index is -0.954. The lowest BCUT2D eigenvalue weighted by Crippen LogP contribution is -2.30. The maximum Gasteiger partial charge on any atom is 0.223 e. The van der Waals surface area contributed by atoms with Crippen LogP contribution in [0.2, 0.25) is 0 Å². The summed E-state index contributed by atoms with van der Waals surface area (Å²) in [6, 6.07) is 3.66. The van der Waals surface area contributed by atoms with Gasteiger partial charge in [-0.05, 0) is 50.6 Å². The molecule has 0 saturated carbocycles. The Morgan fingerprint density at radius 1 is 1.19 bits per heavy atom. The van der Waals surface area contributed by atoms with Crippen LogP contribution in [0.5, 0.6) is 0 Å². The molecule has 8 heteroatoms. The molecule has 1 aliphatic heterocycles. The average molecular weight is 433 g/mol. The second kappa shape index (κ2) is 9.68. The van der Waals surface area contributed by atoms with Gasteiger partial charge in [0.25, 0.3) is 0 Å². The van der Waals surface area contributed by atoms with E-state index in [4.69, 9.17) is 0 Å². The number of halogens is 2. The summed E-state index contributed by atoms with van der Waals surface area (Å²) in [4.78, 5) is 32.3. The minimum absolute atomic E-state index is 0.0583. The summed E-state index contributed by atoms with van der Waals surface area (Å²) in [6.07, 6.45) is 1.50. The van der Waals surface area contributed by atoms with Gasteiger partial charge in [-0.2, -0.15) is 0 Å². The molecule has 1 N–H and O–H groups in total. The van der Waals surface area contributed by atoms with Gasteiger partial charge in [0.2, 0.25) is 5.91 Å². The fourth-order valence-corrected chi connectivity index (χ4v) is 4.18. The van der Waals surface area contributed by atoms with Crippen molar-refractivity contribution in [3.05, 3.63) is 41.2 Å². The molecule has 6 nitrogen and oxygen atoms in total. The Bertz CT molecular complexity index is 971. The van der Waals surface area contributed by atoms with Crippen LogP contribution in [0.25, 0.3) is 11.4 Å². The second-order valence-electron chi connectivity index (χ2n) is 8.67. The smallest absolute Gasteiger partial charge is 0.223 e. The molecular formula is C23H30F2N4O2. The van der Waals surface area contributed by atoms with E-state index < -0.39 is 17.6 Å². The Morgan fingerprint density at radius 3 is 2.58 bits per heavy atom. The molecule has 2 heterocycles. The molecule has 168 valence electrons. The maximum absolute atomic E-state index is 13.9. The van der Waals surface area contributed by atoms with Gasteiger partial charge in [-0.3, -0.25) is 9.59 Å². The number of benzene rings is 1. The summed E-state index contributed by atoms with van der Waals surface area (Å²) in [6.45, 7) is 6.02. The number of hydrogen-bond acceptors (Lipinski definition) is 4. The van der Waals surface area contributed by atoms with Crippen molar-refractivity contribution in [3.8, 4) is 11.4 Å². The predicted octanol–water partition coefficient (Wildman–Crippen LogP) is 3.64. The van der Waals surface area contributed by atoms with E-state index in [-0.39, 0.29) is 24.0 Å². The van der Waals surface area contributed by atoms with Crippen molar-refractivity contribution in [1.82, 2.24) is 19.8 Å². The molecule has 2 aromatic rings. The SMILES string of the molecule is CNC(=O)[C@@H](CC(=O)c1nc(-c2ccc(F)c(F)c2)n2c1CN(C)CCC2)CC(C)C. The number of aromatic nitrogens is 2. The third-order valence-electron chi connectivity index (χ3n) is 5.66. The zero-order valence-electron chi connectivity index (χ0n) is 18.5. The molecule has 0 unspecified atom stereocenters. The van der Waals surface area contributed by atoms with E-state index in [1.54, 1.807) is 7.05 Å². The maximum atomic E-state index is 13.9. The van der Waals surface area contributed by atoms with Gasteiger partial charge >= 0.3 is 0 Å². The van der Waals surface area contributed by atoms with Crippen LogP contribution in [0.15, 0.2) is 18.2 Å². The highest BCUT2D eigenvalue weighted by Gasteiger charge is 2.29. The second-order valence-corrected chi connectivity index (χ2v) is 8.67. The highest BCUT2D eigenvalue weighted by atomic mass is 19.2. The Labute approximate surface area is 181 Å². The Hall–Kier alpha value is -2.61. The van der Waals surface area contributed by atoms with Gasteiger partial charge < -0.3 is 14.8 Å². The number of hydrogen-bond donors (Lipinski definition) is 1. The quantitative estimate of drug-likeness (QED) is 0.679. The number of carbonyl (C=O) groups excluding carboxylic acids is 2. The Kier molecular flexibility index (Phi) is 7.20. The predicted molar refractivity (Wildman–Crippen MR) is 114 cm³/mol. The number of nitrogens with one attached hydrogen (secondary N) is 1. The molecule has 0 aliphatic carbocycles. The number of nitrogens with zero attached hydrogens (tertiary/aromatic N) is 3. The highest BCUT2D eigenvalue weighted by molar-refractivity contribution is 5.98. The summed E-state index contributed by atoms with van der Waals surface area (Å²) in [5.41, 5.74) is 1.49. The average Bonchev–Trinajstić information content (AvgIpc) is 2.95. The summed E-state index contributed by atoms with van der Waals surface area (Å²) in [7, 11) is 3.54. The van der Waals surface area contributed by atoms with Gasteiger partial charge in [0, 0.05) is 38.0 Å². The van der Waals surface area contributed by atoms with Crippen molar-refractivity contribution < 1.29 is 18.4 Å². The van der Waals surface area contributed by atoms with Crippen LogP contribution in [0.1, 0.15) is 49.3 Å². The van der Waals surface area contributed by atoms with Crippen LogP contribution in [0, 0.1) is 23.5 Å².